The van der Waals surface area contributed by atoms with Crippen molar-refractivity contribution in [1.29, 1.82) is 0 Å². The zero-order chi connectivity index (χ0) is 25.1. The van der Waals surface area contributed by atoms with Crippen LogP contribution in [0.1, 0.15) is 32.3 Å². The van der Waals surface area contributed by atoms with Gasteiger partial charge in [0.25, 0.3) is 0 Å². The smallest absolute Gasteiger partial charge is 0.326 e. The van der Waals surface area contributed by atoms with Crippen molar-refractivity contribution in [3.05, 3.63) is 29.8 Å². The third-order valence-electron chi connectivity index (χ3n) is 4.55. The Balaban J connectivity index is 3.04. The van der Waals surface area contributed by atoms with Crippen LogP contribution in [0.3, 0.4) is 0 Å². The molecule has 0 aliphatic rings. The van der Waals surface area contributed by atoms with Crippen molar-refractivity contribution in [3.8, 4) is 5.75 Å². The minimum Gasteiger partial charge on any atom is -0.508 e. The van der Waals surface area contributed by atoms with Crippen molar-refractivity contribution in [3.63, 3.8) is 0 Å². The van der Waals surface area contributed by atoms with Crippen LogP contribution in [0.15, 0.2) is 24.3 Å². The molecule has 0 aliphatic carbocycles. The molecule has 1 aromatic carbocycles. The molecule has 182 valence electrons. The molecule has 3 amide bonds. The zero-order valence-electron chi connectivity index (χ0n) is 18.4. The lowest BCUT2D eigenvalue weighted by molar-refractivity contribution is -0.147. The number of carbonyl (C=O) groups excluding carboxylic acids is 3. The standard InChI is InChI=1S/C21H30N4O8/c1-11(2)7-14(19(30)25-16(21(32)33)9-18(28)29)24-20(31)15(23-17(27)10-22)8-12-3-5-13(26)6-4-12/h3-6,11,14-16,26H,7-10,22H2,1-2H3,(H,23,27)(H,24,31)(H,25,30)(H,28,29)(H,32,33). The first-order valence-corrected chi connectivity index (χ1v) is 10.3. The van der Waals surface area contributed by atoms with Gasteiger partial charge in [0.05, 0.1) is 13.0 Å². The summed E-state index contributed by atoms with van der Waals surface area (Å²) in [6.45, 7) is 3.19. The molecule has 33 heavy (non-hydrogen) atoms. The Labute approximate surface area is 190 Å². The second-order valence-electron chi connectivity index (χ2n) is 7.88. The number of carbonyl (C=O) groups is 5. The average molecular weight is 466 g/mol. The minimum absolute atomic E-state index is 0.0220. The van der Waals surface area contributed by atoms with Gasteiger partial charge in [-0.2, -0.15) is 0 Å². The van der Waals surface area contributed by atoms with E-state index in [9.17, 15) is 34.2 Å². The number of amides is 3. The molecule has 0 aromatic heterocycles. The van der Waals surface area contributed by atoms with Crippen molar-refractivity contribution in [2.75, 3.05) is 6.54 Å². The van der Waals surface area contributed by atoms with Crippen LogP contribution in [0.2, 0.25) is 0 Å². The number of nitrogens with one attached hydrogen (secondary N) is 3. The number of aliphatic carboxylic acids is 2. The summed E-state index contributed by atoms with van der Waals surface area (Å²) in [6.07, 6.45) is -0.669. The second kappa shape index (κ2) is 13.0. The van der Waals surface area contributed by atoms with Gasteiger partial charge in [0, 0.05) is 6.42 Å². The number of rotatable bonds is 13. The van der Waals surface area contributed by atoms with Crippen LogP contribution >= 0.6 is 0 Å². The van der Waals surface area contributed by atoms with E-state index in [1.807, 2.05) is 0 Å². The quantitative estimate of drug-likeness (QED) is 0.189. The fourth-order valence-corrected chi connectivity index (χ4v) is 2.95. The highest BCUT2D eigenvalue weighted by molar-refractivity contribution is 5.94. The monoisotopic (exact) mass is 466 g/mol. The van der Waals surface area contributed by atoms with Crippen LogP contribution < -0.4 is 21.7 Å². The predicted octanol–water partition coefficient (Wildman–Crippen LogP) is -1.05. The van der Waals surface area contributed by atoms with Gasteiger partial charge in [0.2, 0.25) is 17.7 Å². The number of hydrogen-bond acceptors (Lipinski definition) is 7. The van der Waals surface area contributed by atoms with E-state index in [4.69, 9.17) is 10.8 Å². The van der Waals surface area contributed by atoms with Gasteiger partial charge in [0.1, 0.15) is 23.9 Å². The number of carboxylic acids is 2. The number of phenolic OH excluding ortho intramolecular Hbond substituents is 1. The van der Waals surface area contributed by atoms with Crippen molar-refractivity contribution in [2.24, 2.45) is 11.7 Å². The highest BCUT2D eigenvalue weighted by Gasteiger charge is 2.31. The number of phenols is 1. The summed E-state index contributed by atoms with van der Waals surface area (Å²) < 4.78 is 0. The van der Waals surface area contributed by atoms with Crippen LogP contribution in [-0.4, -0.2) is 69.7 Å². The molecule has 0 spiro atoms. The van der Waals surface area contributed by atoms with Gasteiger partial charge < -0.3 is 37.0 Å². The Kier molecular flexibility index (Phi) is 10.8. The Morgan fingerprint density at radius 1 is 0.879 bits per heavy atom. The lowest BCUT2D eigenvalue weighted by Gasteiger charge is -2.25. The first kappa shape index (κ1) is 27.4. The summed E-state index contributed by atoms with van der Waals surface area (Å²) in [4.78, 5) is 59.6. The summed E-state index contributed by atoms with van der Waals surface area (Å²) >= 11 is 0. The predicted molar refractivity (Wildman–Crippen MR) is 116 cm³/mol. The van der Waals surface area contributed by atoms with Gasteiger partial charge in [-0.3, -0.25) is 19.2 Å². The maximum atomic E-state index is 13.0. The van der Waals surface area contributed by atoms with E-state index in [-0.39, 0.29) is 31.1 Å². The highest BCUT2D eigenvalue weighted by Crippen LogP contribution is 2.12. The molecule has 1 aromatic rings. The van der Waals surface area contributed by atoms with E-state index in [0.717, 1.165) is 0 Å². The molecule has 0 bridgehead atoms. The van der Waals surface area contributed by atoms with E-state index in [0.29, 0.717) is 5.56 Å². The molecule has 0 fully saturated rings. The molecule has 12 heteroatoms. The topological polar surface area (TPSA) is 208 Å². The minimum atomic E-state index is -1.67. The largest absolute Gasteiger partial charge is 0.508 e. The van der Waals surface area contributed by atoms with Gasteiger partial charge >= 0.3 is 11.9 Å². The van der Waals surface area contributed by atoms with Crippen molar-refractivity contribution >= 4 is 29.7 Å². The van der Waals surface area contributed by atoms with Crippen LogP contribution in [-0.2, 0) is 30.4 Å². The van der Waals surface area contributed by atoms with E-state index in [2.05, 4.69) is 16.0 Å². The molecule has 12 nitrogen and oxygen atoms in total. The maximum Gasteiger partial charge on any atom is 0.326 e. The first-order chi connectivity index (χ1) is 15.4. The average Bonchev–Trinajstić information content (AvgIpc) is 2.72. The molecule has 0 saturated carbocycles. The van der Waals surface area contributed by atoms with E-state index >= 15 is 0 Å². The van der Waals surface area contributed by atoms with Gasteiger partial charge in [-0.25, -0.2) is 4.79 Å². The van der Waals surface area contributed by atoms with Gasteiger partial charge in [-0.15, -0.1) is 0 Å². The van der Waals surface area contributed by atoms with Gasteiger partial charge in [-0.1, -0.05) is 26.0 Å². The van der Waals surface area contributed by atoms with Crippen molar-refractivity contribution < 1.29 is 39.3 Å². The summed E-state index contributed by atoms with van der Waals surface area (Å²) in [6, 6.07) is 1.99. The Bertz CT molecular complexity index is 856. The van der Waals surface area contributed by atoms with Crippen LogP contribution in [0, 0.1) is 5.92 Å². The SMILES string of the molecule is CC(C)CC(NC(=O)C(Cc1ccc(O)cc1)NC(=O)CN)C(=O)NC(CC(=O)O)C(=O)O. The molecular formula is C21H30N4O8. The molecule has 3 atom stereocenters. The molecule has 0 heterocycles. The van der Waals surface area contributed by atoms with Gasteiger partial charge in [0.15, 0.2) is 0 Å². The fraction of sp³-hybridized carbons (Fsp3) is 0.476. The van der Waals surface area contributed by atoms with Crippen molar-refractivity contribution in [2.45, 2.75) is 51.2 Å². The molecule has 3 unspecified atom stereocenters. The lowest BCUT2D eigenvalue weighted by Crippen LogP contribution is -2.57. The number of aromatic hydroxyl groups is 1. The summed E-state index contributed by atoms with van der Waals surface area (Å²) in [7, 11) is 0. The summed E-state index contributed by atoms with van der Waals surface area (Å²) in [5, 5.41) is 34.6. The molecule has 0 radical (unpaired) electrons. The van der Waals surface area contributed by atoms with Crippen LogP contribution in [0.4, 0.5) is 0 Å². The number of hydrogen-bond donors (Lipinski definition) is 7. The van der Waals surface area contributed by atoms with Crippen LogP contribution in [0.25, 0.3) is 0 Å². The third-order valence-corrected chi connectivity index (χ3v) is 4.55. The summed E-state index contributed by atoms with van der Waals surface area (Å²) in [5.74, 6) is -5.18. The highest BCUT2D eigenvalue weighted by atomic mass is 16.4. The third kappa shape index (κ3) is 9.99. The van der Waals surface area contributed by atoms with Crippen molar-refractivity contribution in [1.82, 2.24) is 16.0 Å². The normalized spacial score (nSPS) is 13.5. The van der Waals surface area contributed by atoms with E-state index in [1.54, 1.807) is 26.0 Å². The maximum absolute atomic E-state index is 13.0. The number of benzene rings is 1. The molecular weight excluding hydrogens is 436 g/mol. The summed E-state index contributed by atoms with van der Waals surface area (Å²) in [5.41, 5.74) is 5.94. The van der Waals surface area contributed by atoms with Gasteiger partial charge in [-0.05, 0) is 30.0 Å². The lowest BCUT2D eigenvalue weighted by atomic mass is 10.0. The molecule has 0 aliphatic heterocycles. The molecule has 1 rings (SSSR count). The Morgan fingerprint density at radius 2 is 1.42 bits per heavy atom. The fourth-order valence-electron chi connectivity index (χ4n) is 2.95. The first-order valence-electron chi connectivity index (χ1n) is 10.3. The number of nitrogens with two attached hydrogens (primary N) is 1. The Hall–Kier alpha value is -3.67. The van der Waals surface area contributed by atoms with E-state index in [1.165, 1.54) is 12.1 Å². The number of carboxylic acid groups (broad SMARTS) is 2. The van der Waals surface area contributed by atoms with E-state index < -0.39 is 54.2 Å². The Morgan fingerprint density at radius 3 is 1.91 bits per heavy atom. The second-order valence-corrected chi connectivity index (χ2v) is 7.88. The zero-order valence-corrected chi connectivity index (χ0v) is 18.4. The van der Waals surface area contributed by atoms with Crippen LogP contribution in [0.5, 0.6) is 5.75 Å². The molecule has 0 saturated heterocycles. The molecule has 8 N–H and O–H groups in total.